The SMILES string of the molecule is Cl.O=C1CC(C(=O)Nc2ccc(N3CCNCC3)cn2)CN1. The van der Waals surface area contributed by atoms with Crippen LogP contribution in [-0.2, 0) is 9.59 Å². The average Bonchev–Trinajstić information content (AvgIpc) is 2.96. The molecular weight excluding hydrogens is 306 g/mol. The predicted octanol–water partition coefficient (Wildman–Crippen LogP) is -0.0124. The van der Waals surface area contributed by atoms with Gasteiger partial charge in [0.25, 0.3) is 0 Å². The number of carbonyl (C=O) groups is 2. The van der Waals surface area contributed by atoms with Gasteiger partial charge in [-0.05, 0) is 12.1 Å². The van der Waals surface area contributed by atoms with Gasteiger partial charge in [-0.1, -0.05) is 0 Å². The lowest BCUT2D eigenvalue weighted by Gasteiger charge is -2.29. The molecule has 7 nitrogen and oxygen atoms in total. The largest absolute Gasteiger partial charge is 0.368 e. The molecule has 0 saturated carbocycles. The molecule has 1 unspecified atom stereocenters. The Labute approximate surface area is 135 Å². The number of piperazine rings is 1. The second-order valence-corrected chi connectivity index (χ2v) is 5.33. The fourth-order valence-corrected chi connectivity index (χ4v) is 2.59. The van der Waals surface area contributed by atoms with Crippen molar-refractivity contribution in [2.24, 2.45) is 5.92 Å². The number of rotatable bonds is 3. The van der Waals surface area contributed by atoms with E-state index in [1.165, 1.54) is 0 Å². The maximum absolute atomic E-state index is 12.0. The summed E-state index contributed by atoms with van der Waals surface area (Å²) in [5.41, 5.74) is 1.06. The fraction of sp³-hybridized carbons (Fsp3) is 0.500. The monoisotopic (exact) mass is 325 g/mol. The Hall–Kier alpha value is -1.86. The first kappa shape index (κ1) is 16.5. The van der Waals surface area contributed by atoms with E-state index >= 15 is 0 Å². The zero-order chi connectivity index (χ0) is 14.7. The van der Waals surface area contributed by atoms with Gasteiger partial charge in [0, 0.05) is 39.1 Å². The number of nitrogens with one attached hydrogen (secondary N) is 3. The summed E-state index contributed by atoms with van der Waals surface area (Å²) in [6.45, 7) is 4.28. The third-order valence-corrected chi connectivity index (χ3v) is 3.83. The van der Waals surface area contributed by atoms with E-state index in [9.17, 15) is 9.59 Å². The van der Waals surface area contributed by atoms with Crippen molar-refractivity contribution in [3.05, 3.63) is 18.3 Å². The second-order valence-electron chi connectivity index (χ2n) is 5.33. The Kier molecular flexibility index (Phi) is 5.57. The van der Waals surface area contributed by atoms with Crippen molar-refractivity contribution in [2.75, 3.05) is 42.9 Å². The smallest absolute Gasteiger partial charge is 0.230 e. The minimum Gasteiger partial charge on any atom is -0.368 e. The number of halogens is 1. The standard InChI is InChI=1S/C14H19N5O2.ClH/c20-13-7-10(8-17-13)14(21)18-12-2-1-11(9-16-12)19-5-3-15-4-6-19;/h1-2,9-10,15H,3-8H2,(H,17,20)(H,16,18,21);1H. The molecule has 3 N–H and O–H groups in total. The normalized spacial score (nSPS) is 21.0. The molecule has 3 rings (SSSR count). The minimum atomic E-state index is -0.299. The Morgan fingerprint density at radius 1 is 1.32 bits per heavy atom. The number of hydrogen-bond acceptors (Lipinski definition) is 5. The number of pyridine rings is 1. The summed E-state index contributed by atoms with van der Waals surface area (Å²) in [4.78, 5) is 29.6. The molecule has 2 fully saturated rings. The van der Waals surface area contributed by atoms with E-state index in [1.807, 2.05) is 6.07 Å². The van der Waals surface area contributed by atoms with Gasteiger partial charge in [-0.3, -0.25) is 9.59 Å². The van der Waals surface area contributed by atoms with Crippen LogP contribution in [0.25, 0.3) is 0 Å². The lowest BCUT2D eigenvalue weighted by molar-refractivity contribution is -0.123. The van der Waals surface area contributed by atoms with Crippen LogP contribution in [-0.4, -0.2) is 49.5 Å². The first-order valence-electron chi connectivity index (χ1n) is 7.21. The van der Waals surface area contributed by atoms with Gasteiger partial charge in [-0.2, -0.15) is 0 Å². The summed E-state index contributed by atoms with van der Waals surface area (Å²) in [7, 11) is 0. The van der Waals surface area contributed by atoms with Gasteiger partial charge in [0.15, 0.2) is 0 Å². The molecule has 2 aliphatic rings. The Balaban J connectivity index is 0.00000176. The molecule has 1 aromatic rings. The average molecular weight is 326 g/mol. The maximum Gasteiger partial charge on any atom is 0.230 e. The molecule has 8 heteroatoms. The summed E-state index contributed by atoms with van der Waals surface area (Å²) >= 11 is 0. The number of nitrogens with zero attached hydrogens (tertiary/aromatic N) is 2. The van der Waals surface area contributed by atoms with Gasteiger partial charge < -0.3 is 20.9 Å². The van der Waals surface area contributed by atoms with Gasteiger partial charge in [0.05, 0.1) is 17.8 Å². The van der Waals surface area contributed by atoms with Crippen molar-refractivity contribution in [3.8, 4) is 0 Å². The van der Waals surface area contributed by atoms with Gasteiger partial charge in [0.2, 0.25) is 11.8 Å². The third kappa shape index (κ3) is 3.86. The van der Waals surface area contributed by atoms with E-state index < -0.39 is 0 Å². The molecule has 3 heterocycles. The van der Waals surface area contributed by atoms with Crippen LogP contribution in [0.4, 0.5) is 11.5 Å². The molecule has 2 saturated heterocycles. The molecule has 120 valence electrons. The summed E-state index contributed by atoms with van der Waals surface area (Å²) in [5, 5.41) is 8.72. The van der Waals surface area contributed by atoms with Crippen LogP contribution < -0.4 is 20.9 Å². The molecule has 0 aliphatic carbocycles. The fourth-order valence-electron chi connectivity index (χ4n) is 2.59. The van der Waals surface area contributed by atoms with Gasteiger partial charge in [0.1, 0.15) is 5.82 Å². The van der Waals surface area contributed by atoms with Gasteiger partial charge in [-0.25, -0.2) is 4.98 Å². The highest BCUT2D eigenvalue weighted by molar-refractivity contribution is 5.96. The molecule has 2 aliphatic heterocycles. The molecule has 0 aromatic carbocycles. The van der Waals surface area contributed by atoms with Crippen molar-refractivity contribution >= 4 is 35.7 Å². The zero-order valence-corrected chi connectivity index (χ0v) is 13.0. The molecule has 2 amide bonds. The van der Waals surface area contributed by atoms with E-state index in [-0.39, 0.29) is 36.6 Å². The molecule has 0 spiro atoms. The van der Waals surface area contributed by atoms with Crippen LogP contribution >= 0.6 is 12.4 Å². The summed E-state index contributed by atoms with van der Waals surface area (Å²) in [6, 6.07) is 3.77. The highest BCUT2D eigenvalue weighted by Crippen LogP contribution is 2.17. The van der Waals surface area contributed by atoms with Crippen LogP contribution in [0.3, 0.4) is 0 Å². The van der Waals surface area contributed by atoms with E-state index in [2.05, 4.69) is 25.8 Å². The zero-order valence-electron chi connectivity index (χ0n) is 12.2. The number of anilines is 2. The predicted molar refractivity (Wildman–Crippen MR) is 86.3 cm³/mol. The number of aromatic nitrogens is 1. The van der Waals surface area contributed by atoms with E-state index in [0.717, 1.165) is 31.9 Å². The molecule has 22 heavy (non-hydrogen) atoms. The first-order chi connectivity index (χ1) is 10.2. The van der Waals surface area contributed by atoms with Crippen LogP contribution in [0.1, 0.15) is 6.42 Å². The maximum atomic E-state index is 12.0. The van der Waals surface area contributed by atoms with E-state index in [1.54, 1.807) is 12.3 Å². The van der Waals surface area contributed by atoms with Crippen LogP contribution in [0.15, 0.2) is 18.3 Å². The number of amides is 2. The molecule has 1 aromatic heterocycles. The highest BCUT2D eigenvalue weighted by atomic mass is 35.5. The second kappa shape index (κ2) is 7.42. The van der Waals surface area contributed by atoms with Crippen LogP contribution in [0, 0.1) is 5.92 Å². The molecule has 0 radical (unpaired) electrons. The van der Waals surface area contributed by atoms with Gasteiger partial charge in [-0.15, -0.1) is 12.4 Å². The molecular formula is C14H20ClN5O2. The van der Waals surface area contributed by atoms with Crippen molar-refractivity contribution in [3.63, 3.8) is 0 Å². The summed E-state index contributed by atoms with van der Waals surface area (Å²) in [5.74, 6) is -0.00156. The van der Waals surface area contributed by atoms with Gasteiger partial charge >= 0.3 is 0 Å². The Morgan fingerprint density at radius 3 is 2.68 bits per heavy atom. The summed E-state index contributed by atoms with van der Waals surface area (Å²) < 4.78 is 0. The minimum absolute atomic E-state index is 0. The number of hydrogen-bond donors (Lipinski definition) is 3. The highest BCUT2D eigenvalue weighted by Gasteiger charge is 2.28. The van der Waals surface area contributed by atoms with Crippen molar-refractivity contribution in [2.45, 2.75) is 6.42 Å². The van der Waals surface area contributed by atoms with Crippen LogP contribution in [0.2, 0.25) is 0 Å². The lowest BCUT2D eigenvalue weighted by Crippen LogP contribution is -2.43. The molecule has 0 bridgehead atoms. The number of carbonyl (C=O) groups excluding carboxylic acids is 2. The van der Waals surface area contributed by atoms with Crippen LogP contribution in [0.5, 0.6) is 0 Å². The Morgan fingerprint density at radius 2 is 2.09 bits per heavy atom. The van der Waals surface area contributed by atoms with Crippen molar-refractivity contribution < 1.29 is 9.59 Å². The van der Waals surface area contributed by atoms with E-state index in [0.29, 0.717) is 12.4 Å². The lowest BCUT2D eigenvalue weighted by atomic mass is 10.1. The van der Waals surface area contributed by atoms with Crippen molar-refractivity contribution in [1.29, 1.82) is 0 Å². The van der Waals surface area contributed by atoms with Crippen molar-refractivity contribution in [1.82, 2.24) is 15.6 Å². The molecule has 1 atom stereocenters. The quantitative estimate of drug-likeness (QED) is 0.727. The van der Waals surface area contributed by atoms with E-state index in [4.69, 9.17) is 0 Å². The first-order valence-corrected chi connectivity index (χ1v) is 7.21. The topological polar surface area (TPSA) is 86.4 Å². The Bertz CT molecular complexity index is 531. The summed E-state index contributed by atoms with van der Waals surface area (Å²) in [6.07, 6.45) is 2.03. The third-order valence-electron chi connectivity index (χ3n) is 3.83.